The molecule has 24 heavy (non-hydrogen) atoms. The smallest absolute Gasteiger partial charge is 0.329 e. The molecule has 0 bridgehead atoms. The van der Waals surface area contributed by atoms with E-state index in [1.54, 1.807) is 13.8 Å². The summed E-state index contributed by atoms with van der Waals surface area (Å²) < 4.78 is 1.86. The molecule has 0 fully saturated rings. The van der Waals surface area contributed by atoms with E-state index in [1.165, 1.54) is 11.1 Å². The predicted octanol–water partition coefficient (Wildman–Crippen LogP) is 3.95. The summed E-state index contributed by atoms with van der Waals surface area (Å²) >= 11 is 0. The molecule has 124 valence electrons. The molecular weight excluding hydrogens is 300 g/mol. The van der Waals surface area contributed by atoms with Gasteiger partial charge >= 0.3 is 5.97 Å². The normalized spacial score (nSPS) is 11.8. The molecule has 0 saturated heterocycles. The van der Waals surface area contributed by atoms with Gasteiger partial charge in [-0.2, -0.15) is 0 Å². The van der Waals surface area contributed by atoms with Crippen molar-refractivity contribution in [3.05, 3.63) is 65.5 Å². The number of carboxylic acid groups (broad SMARTS) is 1. The van der Waals surface area contributed by atoms with Gasteiger partial charge in [-0.15, -0.1) is 0 Å². The Labute approximate surface area is 141 Å². The van der Waals surface area contributed by atoms with E-state index in [2.05, 4.69) is 31.2 Å². The number of rotatable bonds is 5. The van der Waals surface area contributed by atoms with Crippen molar-refractivity contribution in [3.8, 4) is 0 Å². The summed E-state index contributed by atoms with van der Waals surface area (Å²) in [6.45, 7) is 5.51. The second kappa shape index (κ2) is 6.11. The van der Waals surface area contributed by atoms with Crippen molar-refractivity contribution in [1.29, 1.82) is 0 Å². The van der Waals surface area contributed by atoms with Crippen LogP contribution in [0.5, 0.6) is 0 Å². The number of para-hydroxylation sites is 2. The Kier molecular flexibility index (Phi) is 4.14. The van der Waals surface area contributed by atoms with Crippen LogP contribution in [0.4, 0.5) is 0 Å². The lowest BCUT2D eigenvalue weighted by atomic mass is 10.0. The largest absolute Gasteiger partial charge is 0.480 e. The quantitative estimate of drug-likeness (QED) is 0.774. The van der Waals surface area contributed by atoms with Crippen LogP contribution < -0.4 is 0 Å². The fourth-order valence-electron chi connectivity index (χ4n) is 2.97. The van der Waals surface area contributed by atoms with Crippen molar-refractivity contribution < 1.29 is 9.90 Å². The maximum absolute atomic E-state index is 11.8. The van der Waals surface area contributed by atoms with Gasteiger partial charge in [-0.3, -0.25) is 0 Å². The van der Waals surface area contributed by atoms with Gasteiger partial charge in [0.1, 0.15) is 11.4 Å². The van der Waals surface area contributed by atoms with E-state index < -0.39 is 11.5 Å². The van der Waals surface area contributed by atoms with Gasteiger partial charge in [0.05, 0.1) is 11.0 Å². The second-order valence-corrected chi connectivity index (χ2v) is 6.70. The van der Waals surface area contributed by atoms with Crippen molar-refractivity contribution in [2.45, 2.75) is 39.2 Å². The molecule has 0 atom stereocenters. The van der Waals surface area contributed by atoms with Crippen molar-refractivity contribution in [3.63, 3.8) is 0 Å². The van der Waals surface area contributed by atoms with Crippen LogP contribution >= 0.6 is 0 Å². The summed E-state index contributed by atoms with van der Waals surface area (Å²) in [6, 6.07) is 16.1. The van der Waals surface area contributed by atoms with E-state index in [9.17, 15) is 9.90 Å². The third-order valence-electron chi connectivity index (χ3n) is 4.47. The topological polar surface area (TPSA) is 55.1 Å². The zero-order chi connectivity index (χ0) is 17.3. The van der Waals surface area contributed by atoms with Crippen LogP contribution in [0.3, 0.4) is 0 Å². The van der Waals surface area contributed by atoms with Gasteiger partial charge in [-0.1, -0.05) is 42.0 Å². The van der Waals surface area contributed by atoms with Crippen molar-refractivity contribution in [1.82, 2.24) is 9.55 Å². The molecule has 1 N–H and O–H groups in total. The summed E-state index contributed by atoms with van der Waals surface area (Å²) in [5, 5.41) is 9.66. The van der Waals surface area contributed by atoms with Gasteiger partial charge in [-0.05, 0) is 44.9 Å². The monoisotopic (exact) mass is 322 g/mol. The minimum atomic E-state index is -1.04. The Morgan fingerprint density at radius 1 is 1.08 bits per heavy atom. The Balaban J connectivity index is 2.00. The number of carbonyl (C=O) groups is 1. The first-order valence-electron chi connectivity index (χ1n) is 8.15. The molecule has 0 saturated carbocycles. The van der Waals surface area contributed by atoms with E-state index in [-0.39, 0.29) is 0 Å². The van der Waals surface area contributed by atoms with Gasteiger partial charge in [0, 0.05) is 6.42 Å². The Bertz CT molecular complexity index is 876. The maximum Gasteiger partial charge on any atom is 0.329 e. The molecule has 0 unspecified atom stereocenters. The van der Waals surface area contributed by atoms with Gasteiger partial charge < -0.3 is 9.67 Å². The number of imidazole rings is 1. The van der Waals surface area contributed by atoms with Crippen LogP contribution in [0.1, 0.15) is 30.8 Å². The molecule has 4 nitrogen and oxygen atoms in total. The molecule has 0 aliphatic heterocycles. The first kappa shape index (κ1) is 16.2. The van der Waals surface area contributed by atoms with Crippen LogP contribution in [0, 0.1) is 6.92 Å². The summed E-state index contributed by atoms with van der Waals surface area (Å²) in [6.07, 6.45) is 1.54. The predicted molar refractivity (Wildman–Crippen MR) is 95.3 cm³/mol. The molecule has 0 radical (unpaired) electrons. The summed E-state index contributed by atoms with van der Waals surface area (Å²) in [5.74, 6) is -0.0496. The van der Waals surface area contributed by atoms with Gasteiger partial charge in [0.25, 0.3) is 0 Å². The molecule has 2 aromatic carbocycles. The SMILES string of the molecule is Cc1ccc(CCc2nc3ccccc3n2C(C)(C)C(=O)O)cc1. The van der Waals surface area contributed by atoms with E-state index in [1.807, 2.05) is 28.8 Å². The summed E-state index contributed by atoms with van der Waals surface area (Å²) in [7, 11) is 0. The first-order valence-corrected chi connectivity index (χ1v) is 8.15. The summed E-state index contributed by atoms with van der Waals surface area (Å²) in [4.78, 5) is 16.5. The lowest BCUT2D eigenvalue weighted by molar-refractivity contribution is -0.145. The third kappa shape index (κ3) is 2.92. The number of aromatic nitrogens is 2. The molecule has 0 aliphatic rings. The number of nitrogens with zero attached hydrogens (tertiary/aromatic N) is 2. The molecule has 4 heteroatoms. The number of hydrogen-bond acceptors (Lipinski definition) is 2. The van der Waals surface area contributed by atoms with Crippen LogP contribution in [0.2, 0.25) is 0 Å². The van der Waals surface area contributed by atoms with E-state index in [0.717, 1.165) is 23.3 Å². The Hall–Kier alpha value is -2.62. The van der Waals surface area contributed by atoms with Gasteiger partial charge in [0.2, 0.25) is 0 Å². The molecule has 3 aromatic rings. The molecule has 0 spiro atoms. The number of fused-ring (bicyclic) bond motifs is 1. The minimum Gasteiger partial charge on any atom is -0.480 e. The minimum absolute atomic E-state index is 0.703. The first-order chi connectivity index (χ1) is 11.4. The molecular formula is C20H22N2O2. The Morgan fingerprint density at radius 3 is 2.42 bits per heavy atom. The lowest BCUT2D eigenvalue weighted by Crippen LogP contribution is -2.36. The molecule has 3 rings (SSSR count). The average molecular weight is 322 g/mol. The number of aliphatic carboxylic acids is 1. The molecule has 1 aromatic heterocycles. The van der Waals surface area contributed by atoms with Crippen molar-refractivity contribution in [2.24, 2.45) is 0 Å². The maximum atomic E-state index is 11.8. The number of hydrogen-bond donors (Lipinski definition) is 1. The average Bonchev–Trinajstić information content (AvgIpc) is 2.93. The fourth-order valence-corrected chi connectivity index (χ4v) is 2.97. The van der Waals surface area contributed by atoms with Crippen LogP contribution in [0.25, 0.3) is 11.0 Å². The van der Waals surface area contributed by atoms with Crippen molar-refractivity contribution >= 4 is 17.0 Å². The summed E-state index contributed by atoms with van der Waals surface area (Å²) in [5.41, 5.74) is 3.12. The fraction of sp³-hybridized carbons (Fsp3) is 0.300. The van der Waals surface area contributed by atoms with Crippen LogP contribution in [-0.2, 0) is 23.2 Å². The number of carboxylic acids is 1. The number of aryl methyl sites for hydroxylation is 3. The van der Waals surface area contributed by atoms with E-state index >= 15 is 0 Å². The van der Waals surface area contributed by atoms with Crippen LogP contribution in [-0.4, -0.2) is 20.6 Å². The highest BCUT2D eigenvalue weighted by Gasteiger charge is 2.33. The standard InChI is InChI=1S/C20H22N2O2/c1-14-8-10-15(11-9-14)12-13-18-21-16-6-4-5-7-17(16)22(18)20(2,3)19(23)24/h4-11H,12-13H2,1-3H3,(H,23,24). The second-order valence-electron chi connectivity index (χ2n) is 6.70. The lowest BCUT2D eigenvalue weighted by Gasteiger charge is -2.24. The number of benzene rings is 2. The van der Waals surface area contributed by atoms with Crippen molar-refractivity contribution in [2.75, 3.05) is 0 Å². The molecule has 0 aliphatic carbocycles. The van der Waals surface area contributed by atoms with Crippen LogP contribution in [0.15, 0.2) is 48.5 Å². The molecule has 0 amide bonds. The third-order valence-corrected chi connectivity index (χ3v) is 4.47. The van der Waals surface area contributed by atoms with E-state index in [0.29, 0.717) is 6.42 Å². The highest BCUT2D eigenvalue weighted by molar-refractivity contribution is 5.82. The highest BCUT2D eigenvalue weighted by Crippen LogP contribution is 2.26. The Morgan fingerprint density at radius 2 is 1.75 bits per heavy atom. The van der Waals surface area contributed by atoms with Gasteiger partial charge in [-0.25, -0.2) is 9.78 Å². The zero-order valence-electron chi connectivity index (χ0n) is 14.3. The van der Waals surface area contributed by atoms with Gasteiger partial charge in [0.15, 0.2) is 0 Å². The highest BCUT2D eigenvalue weighted by atomic mass is 16.4. The van der Waals surface area contributed by atoms with E-state index in [4.69, 9.17) is 4.98 Å². The molecule has 1 heterocycles. The zero-order valence-corrected chi connectivity index (χ0v) is 14.3.